The zero-order valence-corrected chi connectivity index (χ0v) is 17.8. The molecule has 0 radical (unpaired) electrons. The largest absolute Gasteiger partial charge is 0.497 e. The van der Waals surface area contributed by atoms with E-state index >= 15 is 0 Å². The molecule has 0 fully saturated rings. The number of methoxy groups -OCH3 is 1. The lowest BCUT2D eigenvalue weighted by atomic mass is 10.2. The van der Waals surface area contributed by atoms with Crippen molar-refractivity contribution in [3.63, 3.8) is 0 Å². The number of ether oxygens (including phenoxy) is 2. The van der Waals surface area contributed by atoms with Gasteiger partial charge in [-0.3, -0.25) is 9.59 Å². The van der Waals surface area contributed by atoms with Crippen LogP contribution in [0.15, 0.2) is 88.2 Å². The maximum absolute atomic E-state index is 12.8. The van der Waals surface area contributed by atoms with Gasteiger partial charge in [-0.25, -0.2) is 0 Å². The average Bonchev–Trinajstić information content (AvgIpc) is 3.26. The highest BCUT2D eigenvalue weighted by atomic mass is 35.5. The van der Waals surface area contributed by atoms with Gasteiger partial charge >= 0.3 is 0 Å². The van der Waals surface area contributed by atoms with Gasteiger partial charge in [0.2, 0.25) is 0 Å². The van der Waals surface area contributed by atoms with Gasteiger partial charge in [0.25, 0.3) is 11.5 Å². The van der Waals surface area contributed by atoms with Gasteiger partial charge in [-0.1, -0.05) is 17.7 Å². The van der Waals surface area contributed by atoms with E-state index in [0.29, 0.717) is 33.7 Å². The predicted octanol–water partition coefficient (Wildman–Crippen LogP) is 5.20. The zero-order valence-electron chi connectivity index (χ0n) is 17.1. The number of hydrogen-bond acceptors (Lipinski definition) is 5. The number of furan rings is 1. The molecular weight excluding hydrogens is 432 g/mol. The van der Waals surface area contributed by atoms with E-state index < -0.39 is 5.91 Å². The van der Waals surface area contributed by atoms with Crippen molar-refractivity contribution in [2.45, 2.75) is 6.54 Å². The van der Waals surface area contributed by atoms with E-state index in [-0.39, 0.29) is 17.9 Å². The van der Waals surface area contributed by atoms with Gasteiger partial charge in [0.1, 0.15) is 17.3 Å². The topological polar surface area (TPSA) is 82.7 Å². The fourth-order valence-corrected chi connectivity index (χ4v) is 3.16. The number of pyridine rings is 1. The molecule has 2 aromatic carbocycles. The van der Waals surface area contributed by atoms with Gasteiger partial charge < -0.3 is 23.8 Å². The van der Waals surface area contributed by atoms with Gasteiger partial charge in [0.15, 0.2) is 11.5 Å². The third-order valence-corrected chi connectivity index (χ3v) is 4.82. The Morgan fingerprint density at radius 3 is 2.56 bits per heavy atom. The highest BCUT2D eigenvalue weighted by Gasteiger charge is 2.15. The summed E-state index contributed by atoms with van der Waals surface area (Å²) in [5.41, 5.74) is 0.227. The van der Waals surface area contributed by atoms with Crippen LogP contribution in [0.5, 0.6) is 17.2 Å². The molecule has 4 rings (SSSR count). The lowest BCUT2D eigenvalue weighted by Gasteiger charge is -2.12. The number of hydrogen-bond donors (Lipinski definition) is 1. The van der Waals surface area contributed by atoms with Crippen molar-refractivity contribution < 1.29 is 18.7 Å². The molecule has 0 aliphatic heterocycles. The van der Waals surface area contributed by atoms with Crippen LogP contribution in [0.4, 0.5) is 5.69 Å². The minimum Gasteiger partial charge on any atom is -0.497 e. The second-order valence-electron chi connectivity index (χ2n) is 6.80. The monoisotopic (exact) mass is 450 g/mol. The number of aromatic nitrogens is 1. The van der Waals surface area contributed by atoms with Crippen molar-refractivity contribution in [2.24, 2.45) is 0 Å². The number of halogens is 1. The summed E-state index contributed by atoms with van der Waals surface area (Å²) in [7, 11) is 1.58. The van der Waals surface area contributed by atoms with E-state index in [0.717, 1.165) is 0 Å². The maximum atomic E-state index is 12.8. The smallest absolute Gasteiger partial charge is 0.291 e. The molecule has 2 heterocycles. The van der Waals surface area contributed by atoms with Crippen LogP contribution >= 0.6 is 11.6 Å². The molecule has 0 unspecified atom stereocenters. The maximum Gasteiger partial charge on any atom is 0.291 e. The molecule has 0 saturated carbocycles. The number of amides is 1. The van der Waals surface area contributed by atoms with Crippen LogP contribution in [0.1, 0.15) is 16.3 Å². The lowest BCUT2D eigenvalue weighted by Crippen LogP contribution is -2.18. The van der Waals surface area contributed by atoms with Crippen LogP contribution in [0.25, 0.3) is 0 Å². The number of benzene rings is 2. The van der Waals surface area contributed by atoms with E-state index in [2.05, 4.69) is 5.32 Å². The van der Waals surface area contributed by atoms with Gasteiger partial charge in [-0.15, -0.1) is 0 Å². The molecule has 32 heavy (non-hydrogen) atoms. The normalized spacial score (nSPS) is 10.6. The summed E-state index contributed by atoms with van der Waals surface area (Å²) in [4.78, 5) is 24.6. The molecule has 162 valence electrons. The van der Waals surface area contributed by atoms with Crippen molar-refractivity contribution >= 4 is 23.2 Å². The molecule has 4 aromatic rings. The van der Waals surface area contributed by atoms with E-state index in [4.69, 9.17) is 25.5 Å². The number of nitrogens with one attached hydrogen (secondary N) is 1. The zero-order chi connectivity index (χ0) is 22.5. The third kappa shape index (κ3) is 5.01. The van der Waals surface area contributed by atoms with Gasteiger partial charge in [0.05, 0.1) is 19.3 Å². The van der Waals surface area contributed by atoms with E-state index in [1.165, 1.54) is 10.6 Å². The second kappa shape index (κ2) is 9.45. The van der Waals surface area contributed by atoms with Crippen LogP contribution < -0.4 is 20.3 Å². The number of rotatable bonds is 7. The number of anilines is 1. The Bertz CT molecular complexity index is 1290. The SMILES string of the molecule is COc1ccc(Oc2ccc(Cl)cc2NC(=O)c2ccc(Cn3ccccc3=O)o2)cc1. The molecule has 1 N–H and O–H groups in total. The molecule has 8 heteroatoms. The standard InChI is InChI=1S/C24H19ClN2O5/c1-30-17-6-8-18(9-7-17)31-21-11-5-16(25)14-20(21)26-24(29)22-12-10-19(32-22)15-27-13-3-2-4-23(27)28/h2-14H,15H2,1H3,(H,26,29). The fraction of sp³-hybridized carbons (Fsp3) is 0.0833. The minimum atomic E-state index is -0.474. The van der Waals surface area contributed by atoms with E-state index in [1.54, 1.807) is 80.0 Å². The number of nitrogens with zero attached hydrogens (tertiary/aromatic N) is 1. The molecule has 0 aliphatic carbocycles. The Morgan fingerprint density at radius 2 is 1.81 bits per heavy atom. The predicted molar refractivity (Wildman–Crippen MR) is 121 cm³/mol. The summed E-state index contributed by atoms with van der Waals surface area (Å²) in [5, 5.41) is 3.20. The molecule has 0 aliphatic rings. The molecular formula is C24H19ClN2O5. The summed E-state index contributed by atoms with van der Waals surface area (Å²) >= 11 is 6.12. The lowest BCUT2D eigenvalue weighted by molar-refractivity contribution is 0.0994. The summed E-state index contributed by atoms with van der Waals surface area (Å²) in [6.07, 6.45) is 1.65. The van der Waals surface area contributed by atoms with Crippen molar-refractivity contribution in [1.29, 1.82) is 0 Å². The second-order valence-corrected chi connectivity index (χ2v) is 7.24. The first-order chi connectivity index (χ1) is 15.5. The molecule has 0 spiro atoms. The molecule has 2 aromatic heterocycles. The average molecular weight is 451 g/mol. The number of carbonyl (C=O) groups is 1. The molecule has 7 nitrogen and oxygen atoms in total. The van der Waals surface area contributed by atoms with E-state index in [1.807, 2.05) is 0 Å². The molecule has 0 bridgehead atoms. The van der Waals surface area contributed by atoms with Crippen molar-refractivity contribution in [1.82, 2.24) is 4.57 Å². The van der Waals surface area contributed by atoms with Gasteiger partial charge in [-0.05, 0) is 60.7 Å². The van der Waals surface area contributed by atoms with Crippen LogP contribution in [0.3, 0.4) is 0 Å². The Balaban J connectivity index is 1.50. The number of carbonyl (C=O) groups excluding carboxylic acids is 1. The third-order valence-electron chi connectivity index (χ3n) is 4.59. The Labute approximate surface area is 188 Å². The summed E-state index contributed by atoms with van der Waals surface area (Å²) in [6, 6.07) is 20.0. The van der Waals surface area contributed by atoms with Crippen molar-refractivity contribution in [2.75, 3.05) is 12.4 Å². The minimum absolute atomic E-state index is 0.0966. The first-order valence-electron chi connectivity index (χ1n) is 9.69. The highest BCUT2D eigenvalue weighted by Crippen LogP contribution is 2.33. The van der Waals surface area contributed by atoms with Crippen LogP contribution in [-0.2, 0) is 6.54 Å². The Hall–Kier alpha value is -3.97. The Morgan fingerprint density at radius 1 is 1.03 bits per heavy atom. The first-order valence-corrected chi connectivity index (χ1v) is 10.1. The van der Waals surface area contributed by atoms with Gasteiger partial charge in [0, 0.05) is 17.3 Å². The van der Waals surface area contributed by atoms with Gasteiger partial charge in [-0.2, -0.15) is 0 Å². The first kappa shape index (κ1) is 21.3. The fourth-order valence-electron chi connectivity index (χ4n) is 2.99. The van der Waals surface area contributed by atoms with Crippen LogP contribution in [0.2, 0.25) is 5.02 Å². The van der Waals surface area contributed by atoms with E-state index in [9.17, 15) is 9.59 Å². The van der Waals surface area contributed by atoms with Crippen LogP contribution in [0, 0.1) is 0 Å². The molecule has 0 atom stereocenters. The molecule has 0 saturated heterocycles. The quantitative estimate of drug-likeness (QED) is 0.418. The van der Waals surface area contributed by atoms with Crippen LogP contribution in [-0.4, -0.2) is 17.6 Å². The molecule has 1 amide bonds. The van der Waals surface area contributed by atoms with Crippen molar-refractivity contribution in [3.8, 4) is 17.2 Å². The van der Waals surface area contributed by atoms with Crippen molar-refractivity contribution in [3.05, 3.63) is 106 Å². The Kier molecular flexibility index (Phi) is 6.28. The highest BCUT2D eigenvalue weighted by molar-refractivity contribution is 6.31. The summed E-state index contributed by atoms with van der Waals surface area (Å²) < 4.78 is 18.2. The summed E-state index contributed by atoms with van der Waals surface area (Å²) in [6.45, 7) is 0.218. The summed E-state index contributed by atoms with van der Waals surface area (Å²) in [5.74, 6) is 1.78.